The van der Waals surface area contributed by atoms with Gasteiger partial charge >= 0.3 is 0 Å². The Bertz CT molecular complexity index is 622. The fourth-order valence-corrected chi connectivity index (χ4v) is 2.31. The van der Waals surface area contributed by atoms with E-state index in [1.54, 1.807) is 0 Å². The van der Waals surface area contributed by atoms with Crippen LogP contribution in [0.1, 0.15) is 36.6 Å². The molecule has 2 aromatic rings. The van der Waals surface area contributed by atoms with E-state index in [4.69, 9.17) is 0 Å². The molecule has 0 radical (unpaired) electrons. The van der Waals surface area contributed by atoms with Crippen LogP contribution in [0.3, 0.4) is 0 Å². The van der Waals surface area contributed by atoms with Crippen LogP contribution in [0, 0.1) is 6.92 Å². The van der Waals surface area contributed by atoms with Crippen molar-refractivity contribution in [1.29, 1.82) is 0 Å². The molecule has 0 saturated heterocycles. The quantitative estimate of drug-likeness (QED) is 0.875. The highest BCUT2D eigenvalue weighted by Crippen LogP contribution is 2.18. The lowest BCUT2D eigenvalue weighted by molar-refractivity contribution is -0.114. The third-order valence-electron chi connectivity index (χ3n) is 3.47. The van der Waals surface area contributed by atoms with Gasteiger partial charge < -0.3 is 10.6 Å². The minimum atomic E-state index is -0.0471. The molecule has 1 amide bonds. The summed E-state index contributed by atoms with van der Waals surface area (Å²) >= 11 is 0. The van der Waals surface area contributed by atoms with E-state index in [1.165, 1.54) is 18.1 Å². The Balaban J connectivity index is 2.04. The third-order valence-corrected chi connectivity index (χ3v) is 3.47. The SMILES string of the molecule is CC(=O)Nc1ccccc1CN[C@@H](C)c1cccc(C)c1. The van der Waals surface area contributed by atoms with Gasteiger partial charge in [-0.25, -0.2) is 0 Å². The van der Waals surface area contributed by atoms with E-state index >= 15 is 0 Å². The second kappa shape index (κ2) is 7.04. The number of nitrogens with one attached hydrogen (secondary N) is 2. The minimum absolute atomic E-state index is 0.0471. The first-order valence-corrected chi connectivity index (χ1v) is 7.21. The van der Waals surface area contributed by atoms with Crippen molar-refractivity contribution < 1.29 is 4.79 Å². The van der Waals surface area contributed by atoms with Crippen molar-refractivity contribution in [2.45, 2.75) is 33.4 Å². The van der Waals surface area contributed by atoms with Crippen LogP contribution < -0.4 is 10.6 Å². The van der Waals surface area contributed by atoms with E-state index in [9.17, 15) is 4.79 Å². The zero-order valence-corrected chi connectivity index (χ0v) is 12.8. The van der Waals surface area contributed by atoms with E-state index in [1.807, 2.05) is 24.3 Å². The summed E-state index contributed by atoms with van der Waals surface area (Å²) in [7, 11) is 0. The molecule has 3 heteroatoms. The first kappa shape index (κ1) is 15.3. The molecule has 21 heavy (non-hydrogen) atoms. The first-order chi connectivity index (χ1) is 10.1. The topological polar surface area (TPSA) is 41.1 Å². The Labute approximate surface area is 126 Å². The molecule has 0 aliphatic rings. The minimum Gasteiger partial charge on any atom is -0.326 e. The van der Waals surface area contributed by atoms with Gasteiger partial charge in [-0.3, -0.25) is 4.79 Å². The maximum absolute atomic E-state index is 11.2. The van der Waals surface area contributed by atoms with Crippen LogP contribution in [-0.2, 0) is 11.3 Å². The molecule has 0 aliphatic carbocycles. The van der Waals surface area contributed by atoms with Crippen LogP contribution >= 0.6 is 0 Å². The van der Waals surface area contributed by atoms with Gasteiger partial charge in [0.1, 0.15) is 0 Å². The van der Waals surface area contributed by atoms with Crippen molar-refractivity contribution in [3.63, 3.8) is 0 Å². The van der Waals surface area contributed by atoms with Gasteiger partial charge in [0.15, 0.2) is 0 Å². The zero-order chi connectivity index (χ0) is 15.2. The number of carbonyl (C=O) groups is 1. The average Bonchev–Trinajstić information content (AvgIpc) is 2.45. The lowest BCUT2D eigenvalue weighted by atomic mass is 10.1. The van der Waals surface area contributed by atoms with Gasteiger partial charge in [-0.15, -0.1) is 0 Å². The highest BCUT2D eigenvalue weighted by Gasteiger charge is 2.07. The monoisotopic (exact) mass is 282 g/mol. The van der Waals surface area contributed by atoms with E-state index in [0.717, 1.165) is 11.3 Å². The Hall–Kier alpha value is -2.13. The number of amides is 1. The molecule has 0 aromatic heterocycles. The number of anilines is 1. The molecular weight excluding hydrogens is 260 g/mol. The van der Waals surface area contributed by atoms with Crippen molar-refractivity contribution in [3.05, 3.63) is 65.2 Å². The van der Waals surface area contributed by atoms with E-state index in [-0.39, 0.29) is 11.9 Å². The van der Waals surface area contributed by atoms with Gasteiger partial charge in [-0.05, 0) is 31.0 Å². The van der Waals surface area contributed by atoms with Crippen molar-refractivity contribution in [1.82, 2.24) is 5.32 Å². The number of benzene rings is 2. The molecule has 0 saturated carbocycles. The second-order valence-corrected chi connectivity index (χ2v) is 5.36. The summed E-state index contributed by atoms with van der Waals surface area (Å²) in [4.78, 5) is 11.2. The first-order valence-electron chi connectivity index (χ1n) is 7.21. The van der Waals surface area contributed by atoms with Gasteiger partial charge in [0, 0.05) is 25.2 Å². The molecule has 0 bridgehead atoms. The fraction of sp³-hybridized carbons (Fsp3) is 0.278. The summed E-state index contributed by atoms with van der Waals surface area (Å²) in [5.41, 5.74) is 4.49. The molecule has 110 valence electrons. The van der Waals surface area contributed by atoms with Gasteiger partial charge in [-0.2, -0.15) is 0 Å². The summed E-state index contributed by atoms with van der Waals surface area (Å²) in [6.45, 7) is 6.49. The second-order valence-electron chi connectivity index (χ2n) is 5.36. The molecular formula is C18H22N2O. The summed E-state index contributed by atoms with van der Waals surface area (Å²) in [6, 6.07) is 16.6. The molecule has 2 aromatic carbocycles. The van der Waals surface area contributed by atoms with E-state index in [0.29, 0.717) is 6.54 Å². The fourth-order valence-electron chi connectivity index (χ4n) is 2.31. The van der Waals surface area contributed by atoms with E-state index < -0.39 is 0 Å². The van der Waals surface area contributed by atoms with Crippen molar-refractivity contribution in [3.8, 4) is 0 Å². The molecule has 0 unspecified atom stereocenters. The summed E-state index contributed by atoms with van der Waals surface area (Å²) < 4.78 is 0. The largest absolute Gasteiger partial charge is 0.326 e. The molecule has 0 aliphatic heterocycles. The van der Waals surface area contributed by atoms with E-state index in [2.05, 4.69) is 48.7 Å². The number of hydrogen-bond acceptors (Lipinski definition) is 2. The number of hydrogen-bond donors (Lipinski definition) is 2. The van der Waals surface area contributed by atoms with Crippen LogP contribution in [0.5, 0.6) is 0 Å². The average molecular weight is 282 g/mol. The predicted octanol–water partition coefficient (Wildman–Crippen LogP) is 3.80. The molecule has 0 spiro atoms. The Morgan fingerprint density at radius 1 is 1.14 bits per heavy atom. The van der Waals surface area contributed by atoms with Crippen molar-refractivity contribution in [2.24, 2.45) is 0 Å². The molecule has 3 nitrogen and oxygen atoms in total. The molecule has 2 rings (SSSR count). The number of aryl methyl sites for hydroxylation is 1. The Morgan fingerprint density at radius 2 is 1.90 bits per heavy atom. The van der Waals surface area contributed by atoms with Gasteiger partial charge in [0.2, 0.25) is 5.91 Å². The summed E-state index contributed by atoms with van der Waals surface area (Å²) in [6.07, 6.45) is 0. The third kappa shape index (κ3) is 4.43. The van der Waals surface area contributed by atoms with Crippen LogP contribution in [0.15, 0.2) is 48.5 Å². The molecule has 0 heterocycles. The lowest BCUT2D eigenvalue weighted by Gasteiger charge is -2.16. The highest BCUT2D eigenvalue weighted by atomic mass is 16.1. The zero-order valence-electron chi connectivity index (χ0n) is 12.8. The standard InChI is InChI=1S/C18H22N2O/c1-13-7-6-9-16(11-13)14(2)19-12-17-8-4-5-10-18(17)20-15(3)21/h4-11,14,19H,12H2,1-3H3,(H,20,21)/t14-/m0/s1. The van der Waals surface area contributed by atoms with Gasteiger partial charge in [0.25, 0.3) is 0 Å². The highest BCUT2D eigenvalue weighted by molar-refractivity contribution is 5.89. The Kier molecular flexibility index (Phi) is 5.12. The predicted molar refractivity (Wildman–Crippen MR) is 87.2 cm³/mol. The number of carbonyl (C=O) groups excluding carboxylic acids is 1. The van der Waals surface area contributed by atoms with Crippen molar-refractivity contribution in [2.75, 3.05) is 5.32 Å². The maximum Gasteiger partial charge on any atom is 0.221 e. The Morgan fingerprint density at radius 3 is 2.62 bits per heavy atom. The van der Waals surface area contributed by atoms with Gasteiger partial charge in [0.05, 0.1) is 0 Å². The lowest BCUT2D eigenvalue weighted by Crippen LogP contribution is -2.19. The number of rotatable bonds is 5. The van der Waals surface area contributed by atoms with Crippen molar-refractivity contribution >= 4 is 11.6 Å². The van der Waals surface area contributed by atoms with Crippen LogP contribution in [0.4, 0.5) is 5.69 Å². The molecule has 2 N–H and O–H groups in total. The summed E-state index contributed by atoms with van der Waals surface area (Å²) in [5.74, 6) is -0.0471. The number of para-hydroxylation sites is 1. The summed E-state index contributed by atoms with van der Waals surface area (Å²) in [5, 5.41) is 6.37. The van der Waals surface area contributed by atoms with Crippen LogP contribution in [-0.4, -0.2) is 5.91 Å². The molecule has 1 atom stereocenters. The normalized spacial score (nSPS) is 12.0. The van der Waals surface area contributed by atoms with Crippen LogP contribution in [0.2, 0.25) is 0 Å². The van der Waals surface area contributed by atoms with Gasteiger partial charge in [-0.1, -0.05) is 48.0 Å². The van der Waals surface area contributed by atoms with Crippen LogP contribution in [0.25, 0.3) is 0 Å². The maximum atomic E-state index is 11.2. The smallest absolute Gasteiger partial charge is 0.221 e. The molecule has 0 fully saturated rings.